The van der Waals surface area contributed by atoms with Gasteiger partial charge in [0.05, 0.1) is 37.3 Å². The molecule has 0 saturated carbocycles. The Kier molecular flexibility index (Phi) is 15.8. The molecule has 0 radical (unpaired) electrons. The maximum Gasteiger partial charge on any atom is 0.323 e. The molecule has 0 spiro atoms. The Morgan fingerprint density at radius 1 is 0.864 bits per heavy atom. The van der Waals surface area contributed by atoms with E-state index in [2.05, 4.69) is 84.2 Å². The summed E-state index contributed by atoms with van der Waals surface area (Å²) in [7, 11) is -0.640. The number of pyridine rings is 1. The van der Waals surface area contributed by atoms with Crippen LogP contribution in [0.3, 0.4) is 0 Å². The Bertz CT molecular complexity index is 2600. The number of hydrogen-bond acceptors (Lipinski definition) is 9. The second kappa shape index (κ2) is 21.3. The van der Waals surface area contributed by atoms with Gasteiger partial charge in [0.15, 0.2) is 5.75 Å². The van der Waals surface area contributed by atoms with Gasteiger partial charge >= 0.3 is 6.03 Å². The largest absolute Gasteiger partial charge is 0.494 e. The van der Waals surface area contributed by atoms with Crippen LogP contribution in [0.2, 0.25) is 16.6 Å². The molecule has 0 unspecified atom stereocenters. The Morgan fingerprint density at radius 3 is 2.20 bits per heavy atom. The number of carbonyl (C=O) groups excluding carboxylic acids is 3. The number of hydrogen-bond donors (Lipinski definition) is 5. The van der Waals surface area contributed by atoms with Crippen LogP contribution in [-0.2, 0) is 10.2 Å². The molecular formula is C52H65N7O6Si. The highest BCUT2D eigenvalue weighted by atomic mass is 28.3. The number of morpholine rings is 1. The third kappa shape index (κ3) is 11.7. The average Bonchev–Trinajstić information content (AvgIpc) is 3.27. The second-order valence-electron chi connectivity index (χ2n) is 18.7. The van der Waals surface area contributed by atoms with Gasteiger partial charge in [-0.05, 0) is 76.1 Å². The zero-order valence-corrected chi connectivity index (χ0v) is 41.0. The van der Waals surface area contributed by atoms with Gasteiger partial charge < -0.3 is 41.2 Å². The lowest BCUT2D eigenvalue weighted by Crippen LogP contribution is -2.43. The lowest BCUT2D eigenvalue weighted by Gasteiger charge is -2.38. The van der Waals surface area contributed by atoms with Gasteiger partial charge in [0.2, 0.25) is 0 Å². The maximum atomic E-state index is 13.7. The number of rotatable bonds is 15. The first kappa shape index (κ1) is 49.0. The van der Waals surface area contributed by atoms with E-state index in [0.717, 1.165) is 41.5 Å². The lowest BCUT2D eigenvalue weighted by molar-refractivity contribution is 0.0383. The van der Waals surface area contributed by atoms with Crippen molar-refractivity contribution in [1.82, 2.24) is 15.2 Å². The van der Waals surface area contributed by atoms with E-state index in [1.165, 1.54) is 7.11 Å². The molecular weight excluding hydrogens is 847 g/mol. The number of methoxy groups -OCH3 is 1. The summed E-state index contributed by atoms with van der Waals surface area (Å²) in [5.74, 6) is 4.46. The number of carbonyl (C=O) groups is 3. The molecule has 5 aromatic rings. The predicted molar refractivity (Wildman–Crippen MR) is 268 cm³/mol. The van der Waals surface area contributed by atoms with E-state index in [-0.39, 0.29) is 22.6 Å². The second-order valence-corrected chi connectivity index (χ2v) is 24.3. The minimum atomic E-state index is -2.07. The fourth-order valence-corrected chi connectivity index (χ4v) is 14.1. The molecule has 2 heterocycles. The van der Waals surface area contributed by atoms with Crippen molar-refractivity contribution in [3.8, 4) is 28.7 Å². The molecule has 1 aromatic heterocycles. The lowest BCUT2D eigenvalue weighted by atomic mass is 9.85. The molecule has 6 N–H and O–H groups in total. The molecule has 1 saturated heterocycles. The zero-order chi connectivity index (χ0) is 47.8. The molecule has 4 amide bonds. The first-order valence-corrected chi connectivity index (χ1v) is 24.9. The van der Waals surface area contributed by atoms with Crippen molar-refractivity contribution in [1.29, 1.82) is 0 Å². The minimum Gasteiger partial charge on any atom is -0.494 e. The van der Waals surface area contributed by atoms with Crippen molar-refractivity contribution in [2.24, 2.45) is 5.73 Å². The Balaban J connectivity index is 1.25. The molecule has 0 aliphatic carbocycles. The Labute approximate surface area is 390 Å². The average molecular weight is 912 g/mol. The van der Waals surface area contributed by atoms with E-state index in [9.17, 15) is 14.4 Å². The van der Waals surface area contributed by atoms with Crippen molar-refractivity contribution in [3.63, 3.8) is 0 Å². The van der Waals surface area contributed by atoms with Gasteiger partial charge in [-0.15, -0.1) is 5.54 Å². The smallest absolute Gasteiger partial charge is 0.323 e. The van der Waals surface area contributed by atoms with Crippen molar-refractivity contribution >= 4 is 59.6 Å². The monoisotopic (exact) mass is 911 g/mol. The highest BCUT2D eigenvalue weighted by Crippen LogP contribution is 2.41. The number of benzene rings is 4. The van der Waals surface area contributed by atoms with Crippen LogP contribution in [0.15, 0.2) is 85.1 Å². The molecule has 1 aliphatic heterocycles. The topological polar surface area (TPSA) is 169 Å². The summed E-state index contributed by atoms with van der Waals surface area (Å²) in [6, 6.07) is 23.3. The van der Waals surface area contributed by atoms with Crippen LogP contribution < -0.4 is 36.5 Å². The first-order chi connectivity index (χ1) is 31.4. The van der Waals surface area contributed by atoms with Crippen LogP contribution in [0.4, 0.5) is 27.7 Å². The molecule has 14 heteroatoms. The molecule has 0 atom stereocenters. The normalized spacial score (nSPS) is 13.3. The molecule has 66 heavy (non-hydrogen) atoms. The van der Waals surface area contributed by atoms with Crippen LogP contribution in [0.5, 0.6) is 17.2 Å². The van der Waals surface area contributed by atoms with E-state index in [1.807, 2.05) is 63.2 Å². The van der Waals surface area contributed by atoms with Crippen molar-refractivity contribution in [2.75, 3.05) is 62.5 Å². The number of aromatic nitrogens is 1. The maximum absolute atomic E-state index is 13.7. The van der Waals surface area contributed by atoms with Gasteiger partial charge in [0.1, 0.15) is 25.4 Å². The standard InChI is InChI=1S/C52H65N7O6Si/c1-33(2)66(34(3)4,35(5)6)26-18-36-27-37(50(61)55-20-21-59-22-24-64-25-23-59)29-39(28-36)56-47-32-40(17-19-54-47)65-46-16-15-44(41-13-11-12-14-42(41)46)57-51(62)58-45-31-38(52(7,8)9)30-43(49(53)60)48(45)63-10/h11-17,19,27-35H,20-25H2,1-10H3,(H2,53,60)(H,54,56)(H,55,61)(H2,57,58,62). The van der Waals surface area contributed by atoms with Crippen LogP contribution in [0.25, 0.3) is 10.8 Å². The molecule has 1 aliphatic rings. The SMILES string of the molecule is COc1c(NC(=O)Nc2ccc(Oc3ccnc(Nc4cc(C#C[Si](C(C)C)(C(C)C)C(C)C)cc(C(=O)NCCN5CCOCC5)c4)c3)c3ccccc23)cc(C(C)(C)C)cc1C(N)=O. The number of amides is 4. The Hall–Kier alpha value is -6.40. The van der Waals surface area contributed by atoms with Crippen molar-refractivity contribution in [3.05, 3.63) is 107 Å². The highest BCUT2D eigenvalue weighted by Gasteiger charge is 2.41. The zero-order valence-electron chi connectivity index (χ0n) is 40.0. The fraction of sp³-hybridized carbons (Fsp3) is 0.385. The number of urea groups is 1. The van der Waals surface area contributed by atoms with Gasteiger partial charge in [-0.25, -0.2) is 9.78 Å². The number of anilines is 4. The van der Waals surface area contributed by atoms with Gasteiger partial charge in [-0.1, -0.05) is 92.5 Å². The number of ether oxygens (including phenoxy) is 3. The third-order valence-electron chi connectivity index (χ3n) is 12.3. The van der Waals surface area contributed by atoms with E-state index in [1.54, 1.807) is 42.6 Å². The number of nitrogens with zero attached hydrogens (tertiary/aromatic N) is 2. The summed E-state index contributed by atoms with van der Waals surface area (Å²) in [6.45, 7) is 24.1. The molecule has 1 fully saturated rings. The van der Waals surface area contributed by atoms with Gasteiger partial charge in [0.25, 0.3) is 11.8 Å². The highest BCUT2D eigenvalue weighted by molar-refractivity contribution is 6.90. The van der Waals surface area contributed by atoms with Crippen LogP contribution in [0.1, 0.15) is 94.2 Å². The summed E-state index contributed by atoms with van der Waals surface area (Å²) in [5.41, 5.74) is 14.3. The number of nitrogens with two attached hydrogens (primary N) is 1. The summed E-state index contributed by atoms with van der Waals surface area (Å²) >= 11 is 0. The minimum absolute atomic E-state index is 0.171. The third-order valence-corrected chi connectivity index (χ3v) is 18.6. The molecule has 13 nitrogen and oxygen atoms in total. The molecule has 6 rings (SSSR count). The quantitative estimate of drug-likeness (QED) is 0.0507. The Morgan fingerprint density at radius 2 is 1.55 bits per heavy atom. The van der Waals surface area contributed by atoms with Gasteiger partial charge in [0, 0.05) is 66.0 Å². The summed E-state index contributed by atoms with van der Waals surface area (Å²) < 4.78 is 17.5. The van der Waals surface area contributed by atoms with Gasteiger partial charge in [-0.3, -0.25) is 14.5 Å². The molecule has 0 bridgehead atoms. The number of primary amides is 1. The fourth-order valence-electron chi connectivity index (χ4n) is 8.89. The molecule has 4 aromatic carbocycles. The van der Waals surface area contributed by atoms with Crippen LogP contribution >= 0.6 is 0 Å². The van der Waals surface area contributed by atoms with Gasteiger partial charge in [-0.2, -0.15) is 0 Å². The number of nitrogens with one attached hydrogen (secondary N) is 4. The summed E-state index contributed by atoms with van der Waals surface area (Å²) in [5, 5.41) is 13.8. The van der Waals surface area contributed by atoms with Crippen LogP contribution in [-0.4, -0.2) is 82.3 Å². The van der Waals surface area contributed by atoms with Crippen molar-refractivity contribution < 1.29 is 28.6 Å². The van der Waals surface area contributed by atoms with Crippen LogP contribution in [0, 0.1) is 11.5 Å². The number of fused-ring (bicyclic) bond motifs is 1. The van der Waals surface area contributed by atoms with E-state index in [0.29, 0.717) is 76.3 Å². The van der Waals surface area contributed by atoms with E-state index < -0.39 is 20.0 Å². The summed E-state index contributed by atoms with van der Waals surface area (Å²) in [4.78, 5) is 46.6. The molecule has 348 valence electrons. The summed E-state index contributed by atoms with van der Waals surface area (Å²) in [6.07, 6.45) is 1.66. The predicted octanol–water partition coefficient (Wildman–Crippen LogP) is 10.5. The first-order valence-electron chi connectivity index (χ1n) is 22.7. The van der Waals surface area contributed by atoms with E-state index >= 15 is 0 Å². The van der Waals surface area contributed by atoms with E-state index in [4.69, 9.17) is 19.9 Å². The van der Waals surface area contributed by atoms with Crippen molar-refractivity contribution in [2.45, 2.75) is 84.4 Å².